The zero-order chi connectivity index (χ0) is 10.0. The number of carbonyl (C=O) groups is 1. The summed E-state index contributed by atoms with van der Waals surface area (Å²) in [5.74, 6) is -0.955. The van der Waals surface area contributed by atoms with Gasteiger partial charge in [0.1, 0.15) is 11.8 Å². The van der Waals surface area contributed by atoms with Gasteiger partial charge in [0.2, 0.25) is 0 Å². The first-order valence-corrected chi connectivity index (χ1v) is 4.57. The van der Waals surface area contributed by atoms with Crippen molar-refractivity contribution in [1.29, 1.82) is 0 Å². The third-order valence-electron chi connectivity index (χ3n) is 1.60. The van der Waals surface area contributed by atoms with Gasteiger partial charge in [-0.05, 0) is 40.3 Å². The fraction of sp³-hybridized carbons (Fsp3) is 0.125. The summed E-state index contributed by atoms with van der Waals surface area (Å²) < 4.78 is 0.590. The predicted molar refractivity (Wildman–Crippen MR) is 55.4 cm³/mol. The molecular weight excluding hydrogens is 285 g/mol. The summed E-state index contributed by atoms with van der Waals surface area (Å²) in [6, 6.07) is 3.44. The number of benzene rings is 1. The van der Waals surface area contributed by atoms with Crippen molar-refractivity contribution < 1.29 is 15.0 Å². The van der Waals surface area contributed by atoms with Crippen molar-refractivity contribution in [2.75, 3.05) is 0 Å². The molecule has 0 aliphatic rings. The van der Waals surface area contributed by atoms with E-state index >= 15 is 0 Å². The summed E-state index contributed by atoms with van der Waals surface area (Å²) in [5, 5.41) is 17.8. The number of nitrogens with two attached hydrogens (primary N) is 1. The smallest absolute Gasteiger partial charge is 0.325 e. The van der Waals surface area contributed by atoms with E-state index in [0.29, 0.717) is 9.13 Å². The highest BCUT2D eigenvalue weighted by atomic mass is 127. The Balaban J connectivity index is 3.03. The molecule has 0 saturated carbocycles. The monoisotopic (exact) mass is 293 g/mol. The topological polar surface area (TPSA) is 83.6 Å². The standard InChI is InChI=1S/C8H8INO3/c9-5-3-4(1-2-6(5)11)7(10)8(12)13/h1-3,7,11H,10H2,(H,12,13). The van der Waals surface area contributed by atoms with Gasteiger partial charge in [-0.25, -0.2) is 0 Å². The van der Waals surface area contributed by atoms with Crippen molar-refractivity contribution in [3.05, 3.63) is 27.3 Å². The Morgan fingerprint density at radius 2 is 2.15 bits per heavy atom. The van der Waals surface area contributed by atoms with Crippen LogP contribution in [0.5, 0.6) is 5.75 Å². The summed E-state index contributed by atoms with van der Waals surface area (Å²) in [5.41, 5.74) is 5.85. The summed E-state index contributed by atoms with van der Waals surface area (Å²) in [6.45, 7) is 0. The van der Waals surface area contributed by atoms with E-state index in [4.69, 9.17) is 15.9 Å². The zero-order valence-electron chi connectivity index (χ0n) is 6.57. The average Bonchev–Trinajstić information content (AvgIpc) is 2.08. The quantitative estimate of drug-likeness (QED) is 0.712. The Labute approximate surface area is 88.5 Å². The number of aliphatic carboxylic acids is 1. The molecule has 0 saturated heterocycles. The van der Waals surface area contributed by atoms with Crippen LogP contribution in [0, 0.1) is 3.57 Å². The number of hydrogen-bond donors (Lipinski definition) is 3. The number of halogens is 1. The molecule has 4 nitrogen and oxygen atoms in total. The van der Waals surface area contributed by atoms with E-state index in [9.17, 15) is 4.79 Å². The van der Waals surface area contributed by atoms with E-state index in [-0.39, 0.29) is 5.75 Å². The van der Waals surface area contributed by atoms with Crippen LogP contribution in [0.25, 0.3) is 0 Å². The van der Waals surface area contributed by atoms with Crippen molar-refractivity contribution >= 4 is 28.6 Å². The summed E-state index contributed by atoms with van der Waals surface area (Å²) in [4.78, 5) is 10.5. The minimum Gasteiger partial charge on any atom is -0.507 e. The normalized spacial score (nSPS) is 12.5. The predicted octanol–water partition coefficient (Wildman–Crippen LogP) is 1.08. The molecule has 0 amide bonds. The third kappa shape index (κ3) is 2.31. The van der Waals surface area contributed by atoms with Gasteiger partial charge in [0.25, 0.3) is 0 Å². The van der Waals surface area contributed by atoms with Gasteiger partial charge >= 0.3 is 5.97 Å². The van der Waals surface area contributed by atoms with Crippen LogP contribution < -0.4 is 5.73 Å². The fourth-order valence-corrected chi connectivity index (χ4v) is 1.40. The molecule has 0 radical (unpaired) electrons. The molecule has 1 unspecified atom stereocenters. The van der Waals surface area contributed by atoms with Crippen LogP contribution in [-0.2, 0) is 4.79 Å². The Hall–Kier alpha value is -0.820. The average molecular weight is 293 g/mol. The Bertz CT molecular complexity index is 340. The minimum absolute atomic E-state index is 0.127. The van der Waals surface area contributed by atoms with E-state index in [0.717, 1.165) is 0 Å². The molecule has 1 aromatic rings. The molecule has 4 N–H and O–H groups in total. The lowest BCUT2D eigenvalue weighted by Crippen LogP contribution is -2.20. The Kier molecular flexibility index (Phi) is 3.10. The fourth-order valence-electron chi connectivity index (χ4n) is 0.859. The van der Waals surface area contributed by atoms with Gasteiger partial charge in [-0.3, -0.25) is 4.79 Å². The van der Waals surface area contributed by atoms with Crippen LogP contribution in [0.4, 0.5) is 0 Å². The molecule has 1 atom stereocenters. The molecule has 70 valence electrons. The SMILES string of the molecule is NC(C(=O)O)c1ccc(O)c(I)c1. The molecule has 13 heavy (non-hydrogen) atoms. The second-order valence-corrected chi connectivity index (χ2v) is 3.69. The second kappa shape index (κ2) is 3.93. The van der Waals surface area contributed by atoms with Gasteiger partial charge in [0, 0.05) is 0 Å². The van der Waals surface area contributed by atoms with Crippen molar-refractivity contribution in [1.82, 2.24) is 0 Å². The minimum atomic E-state index is -1.08. The molecule has 0 aliphatic heterocycles. The Morgan fingerprint density at radius 3 is 2.62 bits per heavy atom. The number of rotatable bonds is 2. The van der Waals surface area contributed by atoms with Gasteiger partial charge < -0.3 is 15.9 Å². The number of phenolic OH excluding ortho intramolecular Hbond substituents is 1. The molecular formula is C8H8INO3. The van der Waals surface area contributed by atoms with Crippen molar-refractivity contribution in [2.45, 2.75) is 6.04 Å². The van der Waals surface area contributed by atoms with Crippen LogP contribution in [0.1, 0.15) is 11.6 Å². The van der Waals surface area contributed by atoms with Crippen LogP contribution in [0.2, 0.25) is 0 Å². The van der Waals surface area contributed by atoms with Gasteiger partial charge in [-0.1, -0.05) is 6.07 Å². The molecule has 0 heterocycles. The molecule has 1 aromatic carbocycles. The molecule has 0 aromatic heterocycles. The number of carboxylic acids is 1. The number of aromatic hydroxyl groups is 1. The van der Waals surface area contributed by atoms with E-state index in [1.807, 2.05) is 22.6 Å². The molecule has 0 aliphatic carbocycles. The van der Waals surface area contributed by atoms with Gasteiger partial charge in [0.15, 0.2) is 0 Å². The van der Waals surface area contributed by atoms with Crippen LogP contribution in [0.3, 0.4) is 0 Å². The van der Waals surface area contributed by atoms with E-state index < -0.39 is 12.0 Å². The maximum Gasteiger partial charge on any atom is 0.325 e. The first kappa shape index (κ1) is 10.3. The van der Waals surface area contributed by atoms with Crippen molar-refractivity contribution in [2.24, 2.45) is 5.73 Å². The largest absolute Gasteiger partial charge is 0.507 e. The first-order chi connectivity index (χ1) is 6.02. The summed E-state index contributed by atoms with van der Waals surface area (Å²) in [6.07, 6.45) is 0. The lowest BCUT2D eigenvalue weighted by atomic mass is 10.1. The van der Waals surface area contributed by atoms with Crippen LogP contribution in [-0.4, -0.2) is 16.2 Å². The first-order valence-electron chi connectivity index (χ1n) is 3.49. The highest BCUT2D eigenvalue weighted by molar-refractivity contribution is 14.1. The van der Waals surface area contributed by atoms with Gasteiger partial charge in [-0.15, -0.1) is 0 Å². The molecule has 5 heteroatoms. The number of carboxylic acid groups (broad SMARTS) is 1. The maximum atomic E-state index is 10.5. The van der Waals surface area contributed by atoms with E-state index in [1.165, 1.54) is 12.1 Å². The molecule has 1 rings (SSSR count). The molecule has 0 fully saturated rings. The van der Waals surface area contributed by atoms with Gasteiger partial charge in [-0.2, -0.15) is 0 Å². The highest BCUT2D eigenvalue weighted by Crippen LogP contribution is 2.22. The lowest BCUT2D eigenvalue weighted by molar-refractivity contribution is -0.138. The second-order valence-electron chi connectivity index (χ2n) is 2.53. The van der Waals surface area contributed by atoms with Gasteiger partial charge in [0.05, 0.1) is 3.57 Å². The lowest BCUT2D eigenvalue weighted by Gasteiger charge is -2.07. The maximum absolute atomic E-state index is 10.5. The molecule has 0 spiro atoms. The highest BCUT2D eigenvalue weighted by Gasteiger charge is 2.14. The van der Waals surface area contributed by atoms with Crippen molar-refractivity contribution in [3.8, 4) is 5.75 Å². The van der Waals surface area contributed by atoms with E-state index in [2.05, 4.69) is 0 Å². The van der Waals surface area contributed by atoms with E-state index in [1.54, 1.807) is 6.07 Å². The van der Waals surface area contributed by atoms with Crippen LogP contribution >= 0.6 is 22.6 Å². The third-order valence-corrected chi connectivity index (χ3v) is 2.46. The Morgan fingerprint density at radius 1 is 1.54 bits per heavy atom. The number of phenols is 1. The molecule has 0 bridgehead atoms. The number of hydrogen-bond acceptors (Lipinski definition) is 3. The summed E-state index contributed by atoms with van der Waals surface area (Å²) in [7, 11) is 0. The van der Waals surface area contributed by atoms with Crippen LogP contribution in [0.15, 0.2) is 18.2 Å². The van der Waals surface area contributed by atoms with Crippen molar-refractivity contribution in [3.63, 3.8) is 0 Å². The summed E-state index contributed by atoms with van der Waals surface area (Å²) >= 11 is 1.91. The zero-order valence-corrected chi connectivity index (χ0v) is 8.72.